The van der Waals surface area contributed by atoms with E-state index in [-0.39, 0.29) is 13.0 Å². The molecule has 0 saturated carbocycles. The summed E-state index contributed by atoms with van der Waals surface area (Å²) in [6.45, 7) is 2.53. The Labute approximate surface area is 189 Å². The molecule has 3 aromatic heterocycles. The zero-order chi connectivity index (χ0) is 23.3. The maximum Gasteiger partial charge on any atom is 0.329 e. The highest BCUT2D eigenvalue weighted by Gasteiger charge is 2.46. The molecule has 0 bridgehead atoms. The van der Waals surface area contributed by atoms with Gasteiger partial charge in [0.1, 0.15) is 6.04 Å². The molecule has 1 aliphatic rings. The van der Waals surface area contributed by atoms with Gasteiger partial charge in [-0.05, 0) is 44.2 Å². The molecule has 7 nitrogen and oxygen atoms in total. The minimum absolute atomic E-state index is 0.189. The molecule has 4 heterocycles. The van der Waals surface area contributed by atoms with Crippen molar-refractivity contribution in [1.82, 2.24) is 24.0 Å². The van der Waals surface area contributed by atoms with Gasteiger partial charge in [0.2, 0.25) is 5.88 Å². The van der Waals surface area contributed by atoms with Crippen LogP contribution in [0, 0.1) is 0 Å². The van der Waals surface area contributed by atoms with Crippen molar-refractivity contribution in [1.29, 1.82) is 0 Å². The lowest BCUT2D eigenvalue weighted by molar-refractivity contribution is -0.0977. The van der Waals surface area contributed by atoms with Crippen LogP contribution in [0.15, 0.2) is 47.5 Å². The molecule has 1 fully saturated rings. The van der Waals surface area contributed by atoms with Crippen LogP contribution in [0.4, 0.5) is 8.78 Å². The standard InChI is InChI=1S/C24H25F2N5O2/c1-4-33-21-8-6-16(12-28-21)15-5-7-18-17(11-15)22-19(13-27-18)30(3)23(32)31(22)20-9-10-29(2)14-24(20,25)26/h5-8,11-13,20H,4,9-10,14H2,1-3H3/t20-/m0/s1. The van der Waals surface area contributed by atoms with E-state index < -0.39 is 17.7 Å². The highest BCUT2D eigenvalue weighted by atomic mass is 19.3. The Morgan fingerprint density at radius 1 is 1.12 bits per heavy atom. The molecule has 0 N–H and O–H groups in total. The molecule has 172 valence electrons. The number of imidazole rings is 1. The van der Waals surface area contributed by atoms with Crippen LogP contribution in [0.25, 0.3) is 33.1 Å². The Morgan fingerprint density at radius 2 is 1.91 bits per heavy atom. The van der Waals surface area contributed by atoms with Gasteiger partial charge >= 0.3 is 5.69 Å². The van der Waals surface area contributed by atoms with E-state index in [2.05, 4.69) is 9.97 Å². The summed E-state index contributed by atoms with van der Waals surface area (Å²) >= 11 is 0. The first-order valence-electron chi connectivity index (χ1n) is 11.0. The Bertz CT molecular complexity index is 1390. The van der Waals surface area contributed by atoms with E-state index in [0.717, 1.165) is 11.1 Å². The molecule has 0 unspecified atom stereocenters. The largest absolute Gasteiger partial charge is 0.478 e. The second-order valence-electron chi connectivity index (χ2n) is 8.56. The molecule has 0 aliphatic carbocycles. The summed E-state index contributed by atoms with van der Waals surface area (Å²) in [6, 6.07) is 8.12. The van der Waals surface area contributed by atoms with Gasteiger partial charge in [0, 0.05) is 36.8 Å². The van der Waals surface area contributed by atoms with Gasteiger partial charge < -0.3 is 9.64 Å². The summed E-state index contributed by atoms with van der Waals surface area (Å²) in [4.78, 5) is 23.6. The summed E-state index contributed by atoms with van der Waals surface area (Å²) in [5.74, 6) is -2.50. The van der Waals surface area contributed by atoms with Crippen LogP contribution in [0.1, 0.15) is 19.4 Å². The topological polar surface area (TPSA) is 65.2 Å². The van der Waals surface area contributed by atoms with Gasteiger partial charge in [0.05, 0.1) is 35.9 Å². The van der Waals surface area contributed by atoms with Crippen molar-refractivity contribution in [3.63, 3.8) is 0 Å². The zero-order valence-electron chi connectivity index (χ0n) is 18.8. The van der Waals surface area contributed by atoms with Gasteiger partial charge in [0.15, 0.2) is 0 Å². The fraction of sp³-hybridized carbons (Fsp3) is 0.375. The lowest BCUT2D eigenvalue weighted by Gasteiger charge is -2.37. The van der Waals surface area contributed by atoms with E-state index in [1.807, 2.05) is 31.2 Å². The number of piperidine rings is 1. The van der Waals surface area contributed by atoms with Crippen LogP contribution < -0.4 is 10.4 Å². The molecule has 0 amide bonds. The number of fused-ring (bicyclic) bond motifs is 3. The number of benzene rings is 1. The average molecular weight is 453 g/mol. The quantitative estimate of drug-likeness (QED) is 0.470. The number of hydrogen-bond acceptors (Lipinski definition) is 5. The number of pyridine rings is 2. The van der Waals surface area contributed by atoms with Crippen molar-refractivity contribution in [2.75, 3.05) is 26.7 Å². The lowest BCUT2D eigenvalue weighted by atomic mass is 10.00. The van der Waals surface area contributed by atoms with Crippen LogP contribution in [0.5, 0.6) is 5.88 Å². The molecule has 1 aromatic carbocycles. The van der Waals surface area contributed by atoms with Crippen molar-refractivity contribution in [2.45, 2.75) is 25.3 Å². The van der Waals surface area contributed by atoms with Crippen LogP contribution in [0.3, 0.4) is 0 Å². The fourth-order valence-corrected chi connectivity index (χ4v) is 4.70. The number of likely N-dealkylation sites (tertiary alicyclic amines) is 1. The number of halogens is 2. The second-order valence-corrected chi connectivity index (χ2v) is 8.56. The van der Waals surface area contributed by atoms with Gasteiger partial charge in [-0.1, -0.05) is 6.07 Å². The smallest absolute Gasteiger partial charge is 0.329 e. The Balaban J connectivity index is 1.72. The normalized spacial score (nSPS) is 18.8. The predicted molar refractivity (Wildman–Crippen MR) is 123 cm³/mol. The summed E-state index contributed by atoms with van der Waals surface area (Å²) in [7, 11) is 3.27. The molecule has 33 heavy (non-hydrogen) atoms. The Morgan fingerprint density at radius 3 is 2.61 bits per heavy atom. The van der Waals surface area contributed by atoms with Gasteiger partial charge in [-0.3, -0.25) is 14.1 Å². The third-order valence-electron chi connectivity index (χ3n) is 6.34. The summed E-state index contributed by atoms with van der Waals surface area (Å²) in [6.07, 6.45) is 3.48. The third kappa shape index (κ3) is 3.56. The summed E-state index contributed by atoms with van der Waals surface area (Å²) in [5.41, 5.74) is 2.91. The molecule has 5 rings (SSSR count). The van der Waals surface area contributed by atoms with Crippen LogP contribution >= 0.6 is 0 Å². The molecule has 1 atom stereocenters. The van der Waals surface area contributed by atoms with E-state index in [0.29, 0.717) is 41.0 Å². The molecule has 0 spiro atoms. The number of rotatable bonds is 4. The molecular formula is C24H25F2N5O2. The molecule has 4 aromatic rings. The van der Waals surface area contributed by atoms with E-state index in [1.165, 1.54) is 9.13 Å². The van der Waals surface area contributed by atoms with Crippen LogP contribution in [-0.2, 0) is 7.05 Å². The van der Waals surface area contributed by atoms with E-state index >= 15 is 8.78 Å². The summed E-state index contributed by atoms with van der Waals surface area (Å²) < 4.78 is 38.3. The first-order chi connectivity index (χ1) is 15.8. The fourth-order valence-electron chi connectivity index (χ4n) is 4.70. The van der Waals surface area contributed by atoms with E-state index in [9.17, 15) is 4.79 Å². The molecule has 9 heteroatoms. The van der Waals surface area contributed by atoms with Crippen molar-refractivity contribution in [3.8, 4) is 17.0 Å². The number of hydrogen-bond donors (Lipinski definition) is 0. The molecule has 1 saturated heterocycles. The zero-order valence-corrected chi connectivity index (χ0v) is 18.8. The maximum absolute atomic E-state index is 15.1. The highest BCUT2D eigenvalue weighted by Crippen LogP contribution is 2.39. The van der Waals surface area contributed by atoms with Crippen molar-refractivity contribution in [3.05, 3.63) is 53.2 Å². The first-order valence-corrected chi connectivity index (χ1v) is 11.0. The lowest BCUT2D eigenvalue weighted by Crippen LogP contribution is -2.49. The van der Waals surface area contributed by atoms with E-state index in [4.69, 9.17) is 4.74 Å². The van der Waals surface area contributed by atoms with Crippen LogP contribution in [0.2, 0.25) is 0 Å². The molecule has 0 radical (unpaired) electrons. The summed E-state index contributed by atoms with van der Waals surface area (Å²) in [5, 5.41) is 0.659. The third-order valence-corrected chi connectivity index (χ3v) is 6.34. The number of aryl methyl sites for hydroxylation is 1. The number of aromatic nitrogens is 4. The van der Waals surface area contributed by atoms with Gasteiger partial charge in [-0.15, -0.1) is 0 Å². The first kappa shape index (κ1) is 21.5. The monoisotopic (exact) mass is 453 g/mol. The van der Waals surface area contributed by atoms with Gasteiger partial charge in [-0.2, -0.15) is 0 Å². The Kier molecular flexibility index (Phi) is 5.16. The van der Waals surface area contributed by atoms with Crippen molar-refractivity contribution in [2.24, 2.45) is 7.05 Å². The molecular weight excluding hydrogens is 428 g/mol. The highest BCUT2D eigenvalue weighted by molar-refractivity contribution is 6.04. The second kappa shape index (κ2) is 7.91. The van der Waals surface area contributed by atoms with Crippen molar-refractivity contribution < 1.29 is 13.5 Å². The maximum atomic E-state index is 15.1. The SMILES string of the molecule is CCOc1ccc(-c2ccc3ncc4c(c3c2)n([C@H]2CCN(C)CC2(F)F)c(=O)n4C)cn1. The van der Waals surface area contributed by atoms with Crippen molar-refractivity contribution >= 4 is 21.9 Å². The predicted octanol–water partition coefficient (Wildman–Crippen LogP) is 3.86. The average Bonchev–Trinajstić information content (AvgIpc) is 3.04. The number of alkyl halides is 2. The van der Waals surface area contributed by atoms with Gasteiger partial charge in [0.25, 0.3) is 5.92 Å². The van der Waals surface area contributed by atoms with E-state index in [1.54, 1.807) is 37.5 Å². The minimum Gasteiger partial charge on any atom is -0.478 e. The number of nitrogens with zero attached hydrogens (tertiary/aromatic N) is 5. The Hall–Kier alpha value is -3.33. The minimum atomic E-state index is -3.03. The van der Waals surface area contributed by atoms with Gasteiger partial charge in [-0.25, -0.2) is 18.6 Å². The van der Waals surface area contributed by atoms with Crippen LogP contribution in [-0.4, -0.2) is 56.7 Å². The number of ether oxygens (including phenoxy) is 1. The molecule has 1 aliphatic heterocycles.